The number of nitrogens with one attached hydrogen (secondary N) is 1. The fourth-order valence-electron chi connectivity index (χ4n) is 1.98. The lowest BCUT2D eigenvalue weighted by Crippen LogP contribution is -2.41. The summed E-state index contributed by atoms with van der Waals surface area (Å²) in [6.07, 6.45) is 2.50. The van der Waals surface area contributed by atoms with Gasteiger partial charge < -0.3 is 19.1 Å². The summed E-state index contributed by atoms with van der Waals surface area (Å²) in [7, 11) is -0.572. The van der Waals surface area contributed by atoms with Crippen LogP contribution >= 0.6 is 0 Å². The zero-order chi connectivity index (χ0) is 14.3. The lowest BCUT2D eigenvalue weighted by molar-refractivity contribution is -0.107. The molecule has 0 aliphatic carbocycles. The van der Waals surface area contributed by atoms with Crippen LogP contribution in [0.15, 0.2) is 17.1 Å². The predicted molar refractivity (Wildman–Crippen MR) is 72.5 cm³/mol. The Morgan fingerprint density at radius 2 is 1.84 bits per heavy atom. The van der Waals surface area contributed by atoms with Crippen LogP contribution in [-0.2, 0) is 20.5 Å². The summed E-state index contributed by atoms with van der Waals surface area (Å²) in [6.45, 7) is 7.83. The first kappa shape index (κ1) is 14.0. The Labute approximate surface area is 112 Å². The van der Waals surface area contributed by atoms with Gasteiger partial charge in [0.05, 0.1) is 11.2 Å². The minimum atomic E-state index is -0.572. The molecule has 0 atom stereocenters. The molecular weight excluding hydrogens is 245 g/mol. The van der Waals surface area contributed by atoms with Gasteiger partial charge in [-0.15, -0.1) is 0 Å². The van der Waals surface area contributed by atoms with E-state index in [2.05, 4.69) is 4.98 Å². The molecule has 0 spiro atoms. The third kappa shape index (κ3) is 2.50. The number of aromatic amines is 1. The minimum absolute atomic E-state index is 0.170. The van der Waals surface area contributed by atoms with Gasteiger partial charge in [-0.05, 0) is 33.3 Å². The summed E-state index contributed by atoms with van der Waals surface area (Å²) >= 11 is 0. The van der Waals surface area contributed by atoms with Gasteiger partial charge in [-0.3, -0.25) is 4.79 Å². The molecule has 1 aliphatic rings. The Hall–Kier alpha value is -1.40. The first-order chi connectivity index (χ1) is 8.77. The molecule has 19 heavy (non-hydrogen) atoms. The van der Waals surface area contributed by atoms with Crippen molar-refractivity contribution in [2.45, 2.75) is 45.3 Å². The standard InChI is InChI=1S/C13H18BNO4/c1-12(2)13(3,4)19-14(18-12)10-8-15-11(17)7-9(10)5-6-16/h6-8H,5H2,1-4H3,(H,15,17). The predicted octanol–water partition coefficient (Wildman–Crippen LogP) is 0.415. The van der Waals surface area contributed by atoms with Gasteiger partial charge in [0, 0.05) is 24.1 Å². The van der Waals surface area contributed by atoms with Crippen molar-refractivity contribution in [2.75, 3.05) is 0 Å². The number of hydrogen-bond acceptors (Lipinski definition) is 4. The second-order valence-corrected chi connectivity index (χ2v) is 5.74. The van der Waals surface area contributed by atoms with Gasteiger partial charge in [0.15, 0.2) is 0 Å². The molecule has 1 saturated heterocycles. The molecule has 0 radical (unpaired) electrons. The van der Waals surface area contributed by atoms with Crippen molar-refractivity contribution >= 4 is 18.9 Å². The molecule has 6 heteroatoms. The summed E-state index contributed by atoms with van der Waals surface area (Å²) < 4.78 is 11.8. The van der Waals surface area contributed by atoms with E-state index in [1.807, 2.05) is 27.7 Å². The van der Waals surface area contributed by atoms with Gasteiger partial charge in [0.1, 0.15) is 6.29 Å². The van der Waals surface area contributed by atoms with Gasteiger partial charge in [-0.1, -0.05) is 0 Å². The van der Waals surface area contributed by atoms with Crippen molar-refractivity contribution in [3.8, 4) is 0 Å². The highest BCUT2D eigenvalue weighted by atomic mass is 16.7. The van der Waals surface area contributed by atoms with Gasteiger partial charge in [-0.2, -0.15) is 0 Å². The van der Waals surface area contributed by atoms with Crippen molar-refractivity contribution in [1.82, 2.24) is 4.98 Å². The molecule has 1 aliphatic heterocycles. The van der Waals surface area contributed by atoms with Crippen LogP contribution in [0.2, 0.25) is 0 Å². The fraction of sp³-hybridized carbons (Fsp3) is 0.538. The molecule has 1 N–H and O–H groups in total. The zero-order valence-electron chi connectivity index (χ0n) is 11.6. The normalized spacial score (nSPS) is 20.5. The summed E-state index contributed by atoms with van der Waals surface area (Å²) in [5.41, 5.74) is 0.193. The molecule has 2 rings (SSSR count). The van der Waals surface area contributed by atoms with Gasteiger partial charge in [0.25, 0.3) is 0 Å². The summed E-state index contributed by atoms with van der Waals surface area (Å²) in [6, 6.07) is 1.41. The highest BCUT2D eigenvalue weighted by Gasteiger charge is 2.52. The second kappa shape index (κ2) is 4.61. The number of H-pyrrole nitrogens is 1. The van der Waals surface area contributed by atoms with E-state index < -0.39 is 18.3 Å². The largest absolute Gasteiger partial charge is 0.496 e. The maximum Gasteiger partial charge on any atom is 0.496 e. The molecule has 102 valence electrons. The molecule has 0 bridgehead atoms. The van der Waals surface area contributed by atoms with Crippen LogP contribution in [0.25, 0.3) is 0 Å². The van der Waals surface area contributed by atoms with Crippen molar-refractivity contribution in [2.24, 2.45) is 0 Å². The summed E-state index contributed by atoms with van der Waals surface area (Å²) in [5.74, 6) is 0. The number of carbonyl (C=O) groups is 1. The van der Waals surface area contributed by atoms with Crippen LogP contribution in [0, 0.1) is 0 Å². The lowest BCUT2D eigenvalue weighted by atomic mass is 9.76. The number of aromatic nitrogens is 1. The van der Waals surface area contributed by atoms with Crippen LogP contribution < -0.4 is 11.0 Å². The number of carbonyl (C=O) groups excluding carboxylic acids is 1. The second-order valence-electron chi connectivity index (χ2n) is 5.74. The highest BCUT2D eigenvalue weighted by Crippen LogP contribution is 2.36. The fourth-order valence-corrected chi connectivity index (χ4v) is 1.98. The van der Waals surface area contributed by atoms with Crippen molar-refractivity contribution < 1.29 is 14.1 Å². The number of rotatable bonds is 3. The topological polar surface area (TPSA) is 68.4 Å². The minimum Gasteiger partial charge on any atom is -0.399 e. The molecule has 1 aromatic heterocycles. The molecule has 0 saturated carbocycles. The van der Waals surface area contributed by atoms with E-state index in [4.69, 9.17) is 9.31 Å². The Balaban J connectivity index is 2.39. The molecule has 0 aromatic carbocycles. The van der Waals surface area contributed by atoms with Crippen molar-refractivity contribution in [3.63, 3.8) is 0 Å². The van der Waals surface area contributed by atoms with Crippen molar-refractivity contribution in [1.29, 1.82) is 0 Å². The number of aldehydes is 1. The van der Waals surface area contributed by atoms with Crippen LogP contribution in [0.4, 0.5) is 0 Å². The quantitative estimate of drug-likeness (QED) is 0.633. The third-order valence-electron chi connectivity index (χ3n) is 3.86. The molecular formula is C13H18BNO4. The van der Waals surface area contributed by atoms with Gasteiger partial charge >= 0.3 is 7.12 Å². The molecule has 1 fully saturated rings. The van der Waals surface area contributed by atoms with Crippen LogP contribution in [0.5, 0.6) is 0 Å². The van der Waals surface area contributed by atoms with E-state index in [1.165, 1.54) is 6.07 Å². The van der Waals surface area contributed by atoms with Crippen molar-refractivity contribution in [3.05, 3.63) is 28.2 Å². The smallest absolute Gasteiger partial charge is 0.399 e. The summed E-state index contributed by atoms with van der Waals surface area (Å²) in [4.78, 5) is 24.6. The Morgan fingerprint density at radius 1 is 1.26 bits per heavy atom. The first-order valence-electron chi connectivity index (χ1n) is 6.27. The zero-order valence-corrected chi connectivity index (χ0v) is 11.6. The van der Waals surface area contributed by atoms with Gasteiger partial charge in [0.2, 0.25) is 5.56 Å². The van der Waals surface area contributed by atoms with Crippen LogP contribution in [0.1, 0.15) is 33.3 Å². The number of hydrogen-bond donors (Lipinski definition) is 1. The van der Waals surface area contributed by atoms with E-state index in [-0.39, 0.29) is 12.0 Å². The first-order valence-corrected chi connectivity index (χ1v) is 6.27. The van der Waals surface area contributed by atoms with Crippen LogP contribution in [-0.4, -0.2) is 29.6 Å². The van der Waals surface area contributed by atoms with E-state index in [0.717, 1.165) is 6.29 Å². The molecule has 0 unspecified atom stereocenters. The Morgan fingerprint density at radius 3 is 2.37 bits per heavy atom. The summed E-state index contributed by atoms with van der Waals surface area (Å²) in [5, 5.41) is 0. The molecule has 2 heterocycles. The van der Waals surface area contributed by atoms with E-state index >= 15 is 0 Å². The molecule has 0 amide bonds. The highest BCUT2D eigenvalue weighted by molar-refractivity contribution is 6.62. The van der Waals surface area contributed by atoms with Crippen LogP contribution in [0.3, 0.4) is 0 Å². The SMILES string of the molecule is CC1(C)OB(c2c[nH]c(=O)cc2CC=O)OC1(C)C. The molecule has 1 aromatic rings. The molecule has 5 nitrogen and oxygen atoms in total. The Kier molecular flexibility index (Phi) is 3.41. The van der Waals surface area contributed by atoms with E-state index in [1.54, 1.807) is 6.20 Å². The average Bonchev–Trinajstić information content (AvgIpc) is 2.48. The maximum atomic E-state index is 11.3. The number of pyridine rings is 1. The lowest BCUT2D eigenvalue weighted by Gasteiger charge is -2.32. The monoisotopic (exact) mass is 263 g/mol. The average molecular weight is 263 g/mol. The third-order valence-corrected chi connectivity index (χ3v) is 3.86. The van der Waals surface area contributed by atoms with Gasteiger partial charge in [-0.25, -0.2) is 0 Å². The van der Waals surface area contributed by atoms with E-state index in [9.17, 15) is 9.59 Å². The van der Waals surface area contributed by atoms with E-state index in [0.29, 0.717) is 11.0 Å². The Bertz CT molecular complexity index is 534. The maximum absolute atomic E-state index is 11.3.